The number of benzene rings is 2. The number of nitrogen functional groups attached to an aromatic ring is 1. The zero-order valence-electron chi connectivity index (χ0n) is 13.7. The number of nitrogens with two attached hydrogens (primary N) is 1. The summed E-state index contributed by atoms with van der Waals surface area (Å²) < 4.78 is 39.6. The van der Waals surface area contributed by atoms with E-state index < -0.39 is 17.6 Å². The van der Waals surface area contributed by atoms with Crippen molar-refractivity contribution in [3.63, 3.8) is 0 Å². The maximum Gasteiger partial charge on any atom is 0.416 e. The molecule has 0 saturated carbocycles. The zero-order chi connectivity index (χ0) is 19.6. The second kappa shape index (κ2) is 7.28. The van der Waals surface area contributed by atoms with E-state index in [2.05, 4.69) is 15.6 Å². The van der Waals surface area contributed by atoms with Crippen molar-refractivity contribution in [1.82, 2.24) is 15.0 Å². The molecule has 0 spiro atoms. The van der Waals surface area contributed by atoms with Crippen LogP contribution in [0.4, 0.5) is 24.7 Å². The molecule has 0 saturated heterocycles. The number of alkyl halides is 3. The number of hydrogen-bond donors (Lipinski definition) is 2. The molecule has 0 atom stereocenters. The molecular formula is C17H13ClF3N5O. The second-order valence-electron chi connectivity index (χ2n) is 5.64. The quantitative estimate of drug-likeness (QED) is 0.703. The Morgan fingerprint density at radius 2 is 1.89 bits per heavy atom. The summed E-state index contributed by atoms with van der Waals surface area (Å²) in [4.78, 5) is 12.3. The van der Waals surface area contributed by atoms with Gasteiger partial charge in [-0.15, -0.1) is 5.10 Å². The molecule has 1 aromatic heterocycles. The number of amides is 1. The number of hydrogen-bond acceptors (Lipinski definition) is 4. The molecule has 6 nitrogen and oxygen atoms in total. The lowest BCUT2D eigenvalue weighted by atomic mass is 10.2. The Hall–Kier alpha value is -3.07. The molecule has 0 radical (unpaired) electrons. The highest BCUT2D eigenvalue weighted by molar-refractivity contribution is 6.30. The number of carbonyl (C=O) groups is 1. The fraction of sp³-hybridized carbons (Fsp3) is 0.118. The van der Waals surface area contributed by atoms with Crippen molar-refractivity contribution in [3.8, 4) is 0 Å². The highest BCUT2D eigenvalue weighted by Crippen LogP contribution is 2.30. The average molecular weight is 396 g/mol. The van der Waals surface area contributed by atoms with Gasteiger partial charge in [-0.25, -0.2) is 4.68 Å². The molecule has 0 aliphatic heterocycles. The monoisotopic (exact) mass is 395 g/mol. The Kier molecular flexibility index (Phi) is 5.04. The van der Waals surface area contributed by atoms with E-state index in [1.807, 2.05) is 0 Å². The van der Waals surface area contributed by atoms with E-state index in [9.17, 15) is 18.0 Å². The molecular weight excluding hydrogens is 383 g/mol. The average Bonchev–Trinajstić information content (AvgIpc) is 2.97. The van der Waals surface area contributed by atoms with E-state index in [0.717, 1.165) is 17.7 Å². The van der Waals surface area contributed by atoms with Crippen LogP contribution in [0.3, 0.4) is 0 Å². The number of halogens is 4. The van der Waals surface area contributed by atoms with E-state index >= 15 is 0 Å². The van der Waals surface area contributed by atoms with Crippen LogP contribution in [0.1, 0.15) is 21.6 Å². The van der Waals surface area contributed by atoms with Crippen molar-refractivity contribution >= 4 is 29.0 Å². The van der Waals surface area contributed by atoms with E-state index in [4.69, 9.17) is 17.3 Å². The predicted molar refractivity (Wildman–Crippen MR) is 94.4 cm³/mol. The number of nitrogens with one attached hydrogen (secondary N) is 1. The van der Waals surface area contributed by atoms with Crippen LogP contribution in [0.2, 0.25) is 5.02 Å². The van der Waals surface area contributed by atoms with E-state index in [1.165, 1.54) is 16.8 Å². The minimum absolute atomic E-state index is 0.00516. The minimum atomic E-state index is -4.51. The molecule has 140 valence electrons. The number of rotatable bonds is 4. The summed E-state index contributed by atoms with van der Waals surface area (Å²) >= 11 is 5.83. The van der Waals surface area contributed by atoms with Gasteiger partial charge in [0.05, 0.1) is 12.1 Å². The van der Waals surface area contributed by atoms with E-state index in [0.29, 0.717) is 5.02 Å². The summed E-state index contributed by atoms with van der Waals surface area (Å²) in [6.07, 6.45) is -4.51. The van der Waals surface area contributed by atoms with Gasteiger partial charge in [-0.05, 0) is 35.9 Å². The molecule has 0 fully saturated rings. The first-order valence-corrected chi connectivity index (χ1v) is 8.04. The second-order valence-corrected chi connectivity index (χ2v) is 6.08. The van der Waals surface area contributed by atoms with Gasteiger partial charge >= 0.3 is 6.18 Å². The summed E-state index contributed by atoms with van der Waals surface area (Å²) in [5.74, 6) is -0.761. The standard InChI is InChI=1S/C17H13ClF3N5O/c18-12-6-4-10(5-7-12)9-26-15(22)14(24-25-26)16(27)23-13-3-1-2-11(8-13)17(19,20)21/h1-8H,9,22H2,(H,23,27). The Morgan fingerprint density at radius 1 is 1.19 bits per heavy atom. The van der Waals surface area contributed by atoms with Crippen LogP contribution >= 0.6 is 11.6 Å². The summed E-state index contributed by atoms with van der Waals surface area (Å²) in [6.45, 7) is 0.257. The predicted octanol–water partition coefficient (Wildman–Crippen LogP) is 3.83. The first-order chi connectivity index (χ1) is 12.7. The lowest BCUT2D eigenvalue weighted by molar-refractivity contribution is -0.137. The van der Waals surface area contributed by atoms with Crippen LogP contribution < -0.4 is 11.1 Å². The SMILES string of the molecule is Nc1c(C(=O)Nc2cccc(C(F)(F)F)c2)nnn1Cc1ccc(Cl)cc1. The van der Waals surface area contributed by atoms with Gasteiger partial charge in [-0.3, -0.25) is 4.79 Å². The molecule has 27 heavy (non-hydrogen) atoms. The van der Waals surface area contributed by atoms with Crippen LogP contribution in [-0.4, -0.2) is 20.9 Å². The van der Waals surface area contributed by atoms with Gasteiger partial charge in [0.25, 0.3) is 5.91 Å². The number of aromatic nitrogens is 3. The van der Waals surface area contributed by atoms with Crippen LogP contribution in [0.25, 0.3) is 0 Å². The Bertz CT molecular complexity index is 969. The largest absolute Gasteiger partial charge is 0.416 e. The number of carbonyl (C=O) groups excluding carboxylic acids is 1. The summed E-state index contributed by atoms with van der Waals surface area (Å²) in [6, 6.07) is 11.2. The maximum absolute atomic E-state index is 12.8. The minimum Gasteiger partial charge on any atom is -0.382 e. The number of nitrogens with zero attached hydrogens (tertiary/aromatic N) is 3. The molecule has 3 rings (SSSR count). The molecule has 0 aliphatic rings. The molecule has 3 N–H and O–H groups in total. The van der Waals surface area contributed by atoms with Gasteiger partial charge in [0.2, 0.25) is 0 Å². The summed E-state index contributed by atoms with van der Waals surface area (Å²) in [5.41, 5.74) is 5.66. The van der Waals surface area contributed by atoms with Gasteiger partial charge in [0.15, 0.2) is 11.5 Å². The van der Waals surface area contributed by atoms with Crippen molar-refractivity contribution in [2.24, 2.45) is 0 Å². The molecule has 1 amide bonds. The van der Waals surface area contributed by atoms with Gasteiger partial charge in [-0.1, -0.05) is 35.0 Å². The lowest BCUT2D eigenvalue weighted by Gasteiger charge is -2.09. The smallest absolute Gasteiger partial charge is 0.382 e. The molecule has 3 aromatic rings. The van der Waals surface area contributed by atoms with Crippen LogP contribution in [0.15, 0.2) is 48.5 Å². The Morgan fingerprint density at radius 3 is 2.56 bits per heavy atom. The zero-order valence-corrected chi connectivity index (χ0v) is 14.4. The van der Waals surface area contributed by atoms with Crippen LogP contribution in [0, 0.1) is 0 Å². The number of anilines is 2. The highest BCUT2D eigenvalue weighted by atomic mass is 35.5. The van der Waals surface area contributed by atoms with Gasteiger partial charge in [-0.2, -0.15) is 13.2 Å². The van der Waals surface area contributed by atoms with Crippen LogP contribution in [-0.2, 0) is 12.7 Å². The van der Waals surface area contributed by atoms with Gasteiger partial charge in [0.1, 0.15) is 0 Å². The van der Waals surface area contributed by atoms with Crippen molar-refractivity contribution < 1.29 is 18.0 Å². The third-order valence-electron chi connectivity index (χ3n) is 3.68. The fourth-order valence-corrected chi connectivity index (χ4v) is 2.45. The Labute approximate surface area is 156 Å². The van der Waals surface area contributed by atoms with E-state index in [1.54, 1.807) is 24.3 Å². The van der Waals surface area contributed by atoms with Crippen molar-refractivity contribution in [3.05, 3.63) is 70.4 Å². The molecule has 10 heteroatoms. The first kappa shape index (κ1) is 18.7. The molecule has 0 aliphatic carbocycles. The Balaban J connectivity index is 1.76. The summed E-state index contributed by atoms with van der Waals surface area (Å²) in [7, 11) is 0. The topological polar surface area (TPSA) is 85.8 Å². The normalized spacial score (nSPS) is 11.4. The van der Waals surface area contributed by atoms with E-state index in [-0.39, 0.29) is 23.7 Å². The van der Waals surface area contributed by atoms with Crippen molar-refractivity contribution in [2.75, 3.05) is 11.1 Å². The van der Waals surface area contributed by atoms with Crippen molar-refractivity contribution in [2.45, 2.75) is 12.7 Å². The highest BCUT2D eigenvalue weighted by Gasteiger charge is 2.30. The molecule has 1 heterocycles. The third-order valence-corrected chi connectivity index (χ3v) is 3.93. The maximum atomic E-state index is 12.8. The van der Waals surface area contributed by atoms with Gasteiger partial charge < -0.3 is 11.1 Å². The molecule has 2 aromatic carbocycles. The first-order valence-electron chi connectivity index (χ1n) is 7.66. The summed E-state index contributed by atoms with van der Waals surface area (Å²) in [5, 5.41) is 10.5. The fourth-order valence-electron chi connectivity index (χ4n) is 2.33. The lowest BCUT2D eigenvalue weighted by Crippen LogP contribution is -2.16. The molecule has 0 unspecified atom stereocenters. The molecule has 0 bridgehead atoms. The van der Waals surface area contributed by atoms with Crippen molar-refractivity contribution in [1.29, 1.82) is 0 Å². The van der Waals surface area contributed by atoms with Gasteiger partial charge in [0, 0.05) is 10.7 Å². The third kappa shape index (κ3) is 4.37. The van der Waals surface area contributed by atoms with Crippen LogP contribution in [0.5, 0.6) is 0 Å².